The molecule has 1 amide bonds. The Bertz CT molecular complexity index is 947. The van der Waals surface area contributed by atoms with E-state index in [2.05, 4.69) is 10.6 Å². The zero-order valence-corrected chi connectivity index (χ0v) is 16.4. The van der Waals surface area contributed by atoms with Crippen LogP contribution in [0.4, 0.5) is 5.69 Å². The summed E-state index contributed by atoms with van der Waals surface area (Å²) in [6.07, 6.45) is 0.523. The predicted molar refractivity (Wildman–Crippen MR) is 102 cm³/mol. The van der Waals surface area contributed by atoms with Crippen LogP contribution in [0.2, 0.25) is 5.02 Å². The molecule has 6 nitrogen and oxygen atoms in total. The van der Waals surface area contributed by atoms with Gasteiger partial charge in [-0.25, -0.2) is 0 Å². The van der Waals surface area contributed by atoms with Crippen LogP contribution < -0.4 is 15.1 Å². The number of carbonyl (C=O) groups is 1. The van der Waals surface area contributed by atoms with E-state index >= 15 is 0 Å². The Kier molecular flexibility index (Phi) is 6.03. The summed E-state index contributed by atoms with van der Waals surface area (Å²) < 4.78 is 6.23. The Morgan fingerprint density at radius 2 is 2.07 bits per heavy atom. The number of hydrogen-bond donors (Lipinski definition) is 1. The molecule has 3 rings (SSSR count). The van der Waals surface area contributed by atoms with Crippen LogP contribution in [0.15, 0.2) is 58.1 Å². The standard InChI is InChI=1S/C19H18ClN3O3S/c1-3-16(17(24)21-15-11-13(20)10-9-12(15)2)27-18-19(25)26-22-23(18)14-7-5-4-6-8-14/h4-11,16H,3H2,1-2H3,(H-,21,22,24,25). The monoisotopic (exact) mass is 403 g/mol. The number of carbonyl (C=O) groups excluding carboxylic acids is 1. The molecule has 0 radical (unpaired) electrons. The summed E-state index contributed by atoms with van der Waals surface area (Å²) >= 11 is 7.15. The largest absolute Gasteiger partial charge is 0.538 e. The molecule has 3 aromatic rings. The lowest BCUT2D eigenvalue weighted by Crippen LogP contribution is -2.36. The van der Waals surface area contributed by atoms with Crippen LogP contribution in [-0.2, 0) is 4.79 Å². The van der Waals surface area contributed by atoms with Gasteiger partial charge in [0.15, 0.2) is 5.95 Å². The van der Waals surface area contributed by atoms with Crippen molar-refractivity contribution in [1.82, 2.24) is 5.27 Å². The number of rotatable bonds is 6. The number of nitrogens with zero attached hydrogens (tertiary/aromatic N) is 2. The molecule has 2 aromatic carbocycles. The van der Waals surface area contributed by atoms with E-state index < -0.39 is 11.2 Å². The average molecular weight is 404 g/mol. The van der Waals surface area contributed by atoms with Gasteiger partial charge in [-0.2, -0.15) is 0 Å². The predicted octanol–water partition coefficient (Wildman–Crippen LogP) is 3.50. The van der Waals surface area contributed by atoms with Gasteiger partial charge in [0.05, 0.1) is 10.5 Å². The van der Waals surface area contributed by atoms with Crippen molar-refractivity contribution < 1.29 is 19.1 Å². The molecular formula is C19H18ClN3O3S. The maximum atomic E-state index is 12.8. The first kappa shape index (κ1) is 19.3. The number of amides is 1. The number of halogens is 1. The minimum Gasteiger partial charge on any atom is -0.538 e. The number of nitrogens with one attached hydrogen (secondary N) is 1. The third-order valence-electron chi connectivity index (χ3n) is 3.95. The van der Waals surface area contributed by atoms with Crippen LogP contribution in [-0.4, -0.2) is 16.4 Å². The molecule has 1 N–H and O–H groups in total. The van der Waals surface area contributed by atoms with Gasteiger partial charge >= 0.3 is 0 Å². The van der Waals surface area contributed by atoms with Gasteiger partial charge in [0.2, 0.25) is 11.6 Å². The molecule has 1 atom stereocenters. The van der Waals surface area contributed by atoms with Crippen molar-refractivity contribution in [3.8, 4) is 11.6 Å². The van der Waals surface area contributed by atoms with Gasteiger partial charge < -0.3 is 14.9 Å². The highest BCUT2D eigenvalue weighted by atomic mass is 35.5. The van der Waals surface area contributed by atoms with Crippen molar-refractivity contribution in [3.63, 3.8) is 0 Å². The van der Waals surface area contributed by atoms with Crippen molar-refractivity contribution in [1.29, 1.82) is 0 Å². The molecule has 0 bridgehead atoms. The van der Waals surface area contributed by atoms with Crippen molar-refractivity contribution in [2.45, 2.75) is 30.5 Å². The van der Waals surface area contributed by atoms with Gasteiger partial charge in [0.1, 0.15) is 0 Å². The van der Waals surface area contributed by atoms with Crippen molar-refractivity contribution in [3.05, 3.63) is 59.1 Å². The molecule has 0 spiro atoms. The molecule has 0 aliphatic carbocycles. The fourth-order valence-corrected chi connectivity index (χ4v) is 3.62. The third-order valence-corrected chi connectivity index (χ3v) is 5.58. The normalized spacial score (nSPS) is 12.0. The molecule has 0 fully saturated rings. The lowest BCUT2D eigenvalue weighted by molar-refractivity contribution is -0.705. The Balaban J connectivity index is 1.82. The van der Waals surface area contributed by atoms with E-state index in [1.165, 1.54) is 4.68 Å². The maximum absolute atomic E-state index is 12.8. The van der Waals surface area contributed by atoms with Crippen molar-refractivity contribution in [2.75, 3.05) is 5.32 Å². The quantitative estimate of drug-likeness (QED) is 0.503. The third kappa shape index (κ3) is 4.43. The number of aromatic nitrogens is 2. The van der Waals surface area contributed by atoms with Gasteiger partial charge in [-0.15, -0.1) is 0 Å². The van der Waals surface area contributed by atoms with E-state index in [1.54, 1.807) is 12.1 Å². The molecule has 1 unspecified atom stereocenters. The first-order chi connectivity index (χ1) is 13.0. The molecule has 0 aliphatic heterocycles. The molecular weight excluding hydrogens is 386 g/mol. The molecule has 0 saturated heterocycles. The second-order valence-corrected chi connectivity index (χ2v) is 7.50. The fourth-order valence-electron chi connectivity index (χ4n) is 2.47. The topological polar surface area (TPSA) is 82.1 Å². The number of thioether (sulfide) groups is 1. The highest BCUT2D eigenvalue weighted by Crippen LogP contribution is 2.30. The van der Waals surface area contributed by atoms with Crippen LogP contribution in [0.5, 0.6) is 5.95 Å². The summed E-state index contributed by atoms with van der Waals surface area (Å²) in [5.74, 6) is -0.790. The van der Waals surface area contributed by atoms with E-state index in [-0.39, 0.29) is 10.9 Å². The Morgan fingerprint density at radius 1 is 1.33 bits per heavy atom. The van der Waals surface area contributed by atoms with E-state index in [9.17, 15) is 9.90 Å². The Morgan fingerprint density at radius 3 is 2.78 bits per heavy atom. The second-order valence-electron chi connectivity index (χ2n) is 5.88. The lowest BCUT2D eigenvalue weighted by Gasteiger charge is -2.14. The van der Waals surface area contributed by atoms with E-state index in [4.69, 9.17) is 16.1 Å². The second kappa shape index (κ2) is 8.45. The number of aryl methyl sites for hydroxylation is 1. The van der Waals surface area contributed by atoms with Gasteiger partial charge in [0.25, 0.3) is 5.03 Å². The van der Waals surface area contributed by atoms with Crippen LogP contribution in [0.1, 0.15) is 18.9 Å². The molecule has 1 aromatic heterocycles. The van der Waals surface area contributed by atoms with Crippen LogP contribution in [0.25, 0.3) is 5.69 Å². The zero-order valence-electron chi connectivity index (χ0n) is 14.8. The van der Waals surface area contributed by atoms with Crippen LogP contribution in [0, 0.1) is 6.92 Å². The zero-order chi connectivity index (χ0) is 19.4. The molecule has 27 heavy (non-hydrogen) atoms. The Hall–Kier alpha value is -2.51. The number of hydrogen-bond acceptors (Lipinski definition) is 5. The summed E-state index contributed by atoms with van der Waals surface area (Å²) in [4.78, 5) is 12.8. The van der Waals surface area contributed by atoms with E-state index in [1.807, 2.05) is 50.2 Å². The van der Waals surface area contributed by atoms with E-state index in [0.717, 1.165) is 17.3 Å². The van der Waals surface area contributed by atoms with Gasteiger partial charge in [-0.05, 0) is 47.5 Å². The number of benzene rings is 2. The molecule has 0 aliphatic rings. The number of para-hydroxylation sites is 1. The summed E-state index contributed by atoms with van der Waals surface area (Å²) in [5.41, 5.74) is 2.24. The fraction of sp³-hybridized carbons (Fsp3) is 0.211. The molecule has 1 heterocycles. The average Bonchev–Trinajstić information content (AvgIpc) is 3.03. The summed E-state index contributed by atoms with van der Waals surface area (Å²) in [5, 5.41) is 19.1. The van der Waals surface area contributed by atoms with Gasteiger partial charge in [-0.1, -0.05) is 42.8 Å². The van der Waals surface area contributed by atoms with Crippen molar-refractivity contribution >= 4 is 35.0 Å². The smallest absolute Gasteiger partial charge is 0.298 e. The Labute approximate surface area is 166 Å². The maximum Gasteiger partial charge on any atom is 0.298 e. The van der Waals surface area contributed by atoms with Gasteiger partial charge in [-0.3, -0.25) is 4.79 Å². The lowest BCUT2D eigenvalue weighted by atomic mass is 10.2. The van der Waals surface area contributed by atoms with Crippen molar-refractivity contribution in [2.24, 2.45) is 0 Å². The van der Waals surface area contributed by atoms with Crippen LogP contribution >= 0.6 is 23.4 Å². The summed E-state index contributed by atoms with van der Waals surface area (Å²) in [6.45, 7) is 3.77. The minimum absolute atomic E-state index is 0.215. The first-order valence-corrected chi connectivity index (χ1v) is 9.63. The summed E-state index contributed by atoms with van der Waals surface area (Å²) in [6, 6.07) is 14.5. The number of anilines is 1. The molecule has 140 valence electrons. The minimum atomic E-state index is -0.575. The van der Waals surface area contributed by atoms with Crippen LogP contribution in [0.3, 0.4) is 0 Å². The van der Waals surface area contributed by atoms with Gasteiger partial charge in [0, 0.05) is 22.8 Å². The van der Waals surface area contributed by atoms with E-state index in [0.29, 0.717) is 22.8 Å². The highest BCUT2D eigenvalue weighted by Gasteiger charge is 2.28. The molecule has 0 saturated carbocycles. The molecule has 8 heteroatoms. The SMILES string of the molecule is CCC(Sc1c([O-])on[n+]1-c1ccccc1)C(=O)Nc1cc(Cl)ccc1C. The first-order valence-electron chi connectivity index (χ1n) is 8.37. The highest BCUT2D eigenvalue weighted by molar-refractivity contribution is 8.00. The summed E-state index contributed by atoms with van der Waals surface area (Å²) in [7, 11) is 0.